The zero-order valence-corrected chi connectivity index (χ0v) is 16.3. The van der Waals surface area contributed by atoms with Crippen LogP contribution in [-0.4, -0.2) is 81.5 Å². The van der Waals surface area contributed by atoms with Crippen LogP contribution in [0.2, 0.25) is 0 Å². The van der Waals surface area contributed by atoms with E-state index in [-0.39, 0.29) is 5.75 Å². The van der Waals surface area contributed by atoms with Crippen LogP contribution < -0.4 is 21.7 Å². The summed E-state index contributed by atoms with van der Waals surface area (Å²) < 4.78 is 0. The molecule has 0 aromatic heterocycles. The van der Waals surface area contributed by atoms with E-state index in [1.807, 2.05) is 5.32 Å². The van der Waals surface area contributed by atoms with Crippen molar-refractivity contribution in [1.29, 1.82) is 0 Å². The molecule has 0 aliphatic heterocycles. The summed E-state index contributed by atoms with van der Waals surface area (Å²) in [5.74, 6) is -5.87. The lowest BCUT2D eigenvalue weighted by atomic mass is 10.0. The molecule has 0 saturated heterocycles. The van der Waals surface area contributed by atoms with Crippen molar-refractivity contribution in [3.8, 4) is 0 Å². The first-order valence-electron chi connectivity index (χ1n) is 8.27. The van der Waals surface area contributed by atoms with Gasteiger partial charge in [0.05, 0.1) is 19.1 Å². The van der Waals surface area contributed by atoms with Gasteiger partial charge in [-0.1, -0.05) is 13.8 Å². The molecule has 28 heavy (non-hydrogen) atoms. The molecule has 0 radical (unpaired) electrons. The van der Waals surface area contributed by atoms with Gasteiger partial charge in [-0.05, 0) is 5.92 Å². The van der Waals surface area contributed by atoms with Crippen molar-refractivity contribution in [2.45, 2.75) is 44.4 Å². The molecule has 0 bridgehead atoms. The first-order valence-corrected chi connectivity index (χ1v) is 8.90. The van der Waals surface area contributed by atoms with Crippen molar-refractivity contribution in [3.05, 3.63) is 0 Å². The fourth-order valence-electron chi connectivity index (χ4n) is 1.99. The van der Waals surface area contributed by atoms with Crippen molar-refractivity contribution < 1.29 is 39.3 Å². The molecule has 0 aromatic rings. The number of aliphatic carboxylic acids is 2. The minimum Gasteiger partial charge on any atom is -0.481 e. The van der Waals surface area contributed by atoms with Gasteiger partial charge in [-0.15, -0.1) is 0 Å². The lowest BCUT2D eigenvalue weighted by Gasteiger charge is -2.26. The van der Waals surface area contributed by atoms with Crippen molar-refractivity contribution in [1.82, 2.24) is 16.0 Å². The summed E-state index contributed by atoms with van der Waals surface area (Å²) in [5.41, 5.74) is 5.46. The third-order valence-corrected chi connectivity index (χ3v) is 3.96. The largest absolute Gasteiger partial charge is 0.481 e. The van der Waals surface area contributed by atoms with E-state index in [0.717, 1.165) is 0 Å². The maximum absolute atomic E-state index is 12.5. The van der Waals surface area contributed by atoms with Gasteiger partial charge in [-0.2, -0.15) is 12.6 Å². The number of thiol groups is 1. The van der Waals surface area contributed by atoms with Gasteiger partial charge in [0, 0.05) is 5.75 Å². The molecule has 0 saturated carbocycles. The van der Waals surface area contributed by atoms with Crippen LogP contribution in [0.5, 0.6) is 0 Å². The number of carbonyl (C=O) groups excluding carboxylic acids is 3. The summed E-state index contributed by atoms with van der Waals surface area (Å²) in [5, 5.41) is 33.2. The number of nitrogens with two attached hydrogens (primary N) is 1. The van der Waals surface area contributed by atoms with E-state index in [1.165, 1.54) is 0 Å². The summed E-state index contributed by atoms with van der Waals surface area (Å²) in [4.78, 5) is 58.1. The van der Waals surface area contributed by atoms with E-state index < -0.39 is 72.8 Å². The summed E-state index contributed by atoms with van der Waals surface area (Å²) >= 11 is 3.94. The van der Waals surface area contributed by atoms with E-state index in [2.05, 4.69) is 23.3 Å². The summed E-state index contributed by atoms with van der Waals surface area (Å²) in [6, 6.07) is -5.29. The fourth-order valence-corrected chi connectivity index (χ4v) is 2.25. The zero-order chi connectivity index (χ0) is 22.0. The molecule has 4 unspecified atom stereocenters. The molecule has 13 heteroatoms. The maximum atomic E-state index is 12.5. The number of nitrogens with one attached hydrogen (secondary N) is 3. The molecular weight excluding hydrogens is 396 g/mol. The van der Waals surface area contributed by atoms with Crippen LogP contribution in [0.4, 0.5) is 0 Å². The monoisotopic (exact) mass is 422 g/mol. The topological polar surface area (TPSA) is 208 Å². The highest BCUT2D eigenvalue weighted by molar-refractivity contribution is 7.80. The Morgan fingerprint density at radius 3 is 1.86 bits per heavy atom. The van der Waals surface area contributed by atoms with Crippen LogP contribution in [0.1, 0.15) is 20.3 Å². The van der Waals surface area contributed by atoms with Crippen LogP contribution in [0.15, 0.2) is 0 Å². The first-order chi connectivity index (χ1) is 12.9. The third-order valence-electron chi connectivity index (χ3n) is 3.59. The highest BCUT2D eigenvalue weighted by atomic mass is 32.1. The fraction of sp³-hybridized carbons (Fsp3) is 0.667. The zero-order valence-electron chi connectivity index (χ0n) is 15.4. The molecule has 12 nitrogen and oxygen atoms in total. The van der Waals surface area contributed by atoms with Crippen LogP contribution >= 0.6 is 12.6 Å². The molecule has 4 atom stereocenters. The van der Waals surface area contributed by atoms with Gasteiger partial charge >= 0.3 is 11.9 Å². The van der Waals surface area contributed by atoms with E-state index in [4.69, 9.17) is 21.1 Å². The molecule has 0 aromatic carbocycles. The molecule has 0 heterocycles. The number of hydrogen-bond donors (Lipinski definition) is 8. The smallest absolute Gasteiger partial charge is 0.328 e. The van der Waals surface area contributed by atoms with Gasteiger partial charge in [-0.25, -0.2) is 4.79 Å². The van der Waals surface area contributed by atoms with E-state index >= 15 is 0 Å². The number of carbonyl (C=O) groups is 5. The first kappa shape index (κ1) is 25.6. The number of aliphatic hydroxyl groups excluding tert-OH is 1. The van der Waals surface area contributed by atoms with E-state index in [0.29, 0.717) is 0 Å². The predicted octanol–water partition coefficient (Wildman–Crippen LogP) is -3.09. The highest BCUT2D eigenvalue weighted by Crippen LogP contribution is 2.04. The third kappa shape index (κ3) is 8.54. The average Bonchev–Trinajstić information content (AvgIpc) is 2.59. The van der Waals surface area contributed by atoms with Crippen molar-refractivity contribution >= 4 is 42.3 Å². The van der Waals surface area contributed by atoms with Crippen molar-refractivity contribution in [2.24, 2.45) is 11.7 Å². The lowest BCUT2D eigenvalue weighted by molar-refractivity contribution is -0.143. The van der Waals surface area contributed by atoms with E-state index in [9.17, 15) is 24.0 Å². The number of carboxylic acids is 2. The summed E-state index contributed by atoms with van der Waals surface area (Å²) in [6.45, 7) is 2.37. The van der Waals surface area contributed by atoms with E-state index in [1.54, 1.807) is 13.8 Å². The number of carboxylic acid groups (broad SMARTS) is 2. The molecule has 0 fully saturated rings. The van der Waals surface area contributed by atoms with Gasteiger partial charge in [-0.3, -0.25) is 19.2 Å². The average molecular weight is 422 g/mol. The Bertz CT molecular complexity index is 601. The Kier molecular flexibility index (Phi) is 11.1. The van der Waals surface area contributed by atoms with Crippen LogP contribution in [0, 0.1) is 5.92 Å². The van der Waals surface area contributed by atoms with Crippen molar-refractivity contribution in [3.63, 3.8) is 0 Å². The lowest BCUT2D eigenvalue weighted by Crippen LogP contribution is -2.59. The van der Waals surface area contributed by atoms with Gasteiger partial charge < -0.3 is 37.0 Å². The number of aliphatic hydroxyl groups is 1. The Hall–Kier alpha value is -2.38. The normalized spacial score (nSPS) is 15.1. The molecule has 0 rings (SSSR count). The standard InChI is InChI=1S/C15H26N4O8S/c1-6(2)11(19-12(23)7(16)3-10(21)22)14(25)18-9(5-28)13(24)17-8(4-20)15(26)27/h6-9,11,20,28H,3-5,16H2,1-2H3,(H,17,24)(H,18,25)(H,19,23)(H,21,22)(H,26,27). The molecule has 8 N–H and O–H groups in total. The second-order valence-electron chi connectivity index (χ2n) is 6.26. The van der Waals surface area contributed by atoms with Gasteiger partial charge in [0.2, 0.25) is 17.7 Å². The molecule has 160 valence electrons. The summed E-state index contributed by atoms with van der Waals surface area (Å²) in [7, 11) is 0. The minimum atomic E-state index is -1.55. The van der Waals surface area contributed by atoms with Crippen LogP contribution in [0.3, 0.4) is 0 Å². The predicted molar refractivity (Wildman–Crippen MR) is 99.4 cm³/mol. The Labute approximate surface area is 166 Å². The molecule has 0 aliphatic rings. The Balaban J connectivity index is 5.09. The minimum absolute atomic E-state index is 0.188. The molecule has 0 spiro atoms. The highest BCUT2D eigenvalue weighted by Gasteiger charge is 2.31. The Morgan fingerprint density at radius 2 is 1.46 bits per heavy atom. The second-order valence-corrected chi connectivity index (χ2v) is 6.63. The van der Waals surface area contributed by atoms with Gasteiger partial charge in [0.1, 0.15) is 18.1 Å². The van der Waals surface area contributed by atoms with Crippen molar-refractivity contribution in [2.75, 3.05) is 12.4 Å². The Morgan fingerprint density at radius 1 is 0.929 bits per heavy atom. The molecule has 3 amide bonds. The molecule has 0 aliphatic carbocycles. The number of amides is 3. The maximum Gasteiger partial charge on any atom is 0.328 e. The second kappa shape index (κ2) is 12.2. The quantitative estimate of drug-likeness (QED) is 0.150. The van der Waals surface area contributed by atoms with Crippen LogP contribution in [0.25, 0.3) is 0 Å². The number of rotatable bonds is 12. The number of hydrogen-bond acceptors (Lipinski definition) is 8. The SMILES string of the molecule is CC(C)C(NC(=O)C(N)CC(=O)O)C(=O)NC(CS)C(=O)NC(CO)C(=O)O. The van der Waals surface area contributed by atoms with Gasteiger partial charge in [0.15, 0.2) is 0 Å². The summed E-state index contributed by atoms with van der Waals surface area (Å²) in [6.07, 6.45) is -0.627. The van der Waals surface area contributed by atoms with Gasteiger partial charge in [0.25, 0.3) is 0 Å². The van der Waals surface area contributed by atoms with Crippen LogP contribution in [-0.2, 0) is 24.0 Å². The molecular formula is C15H26N4O8S.